The maximum Gasteiger partial charge on any atom is 0.387 e. The zero-order chi connectivity index (χ0) is 28.1. The molecule has 0 unspecified atom stereocenters. The Morgan fingerprint density at radius 2 is 2.10 bits per heavy atom. The molecule has 0 bridgehead atoms. The maximum atomic E-state index is 14.8. The van der Waals surface area contributed by atoms with Gasteiger partial charge in [-0.3, -0.25) is 9.69 Å². The van der Waals surface area contributed by atoms with E-state index in [2.05, 4.69) is 30.4 Å². The van der Waals surface area contributed by atoms with Gasteiger partial charge in [0.15, 0.2) is 11.6 Å². The summed E-state index contributed by atoms with van der Waals surface area (Å²) in [6.07, 6.45) is 3.24. The van der Waals surface area contributed by atoms with Gasteiger partial charge in [0.05, 0.1) is 40.1 Å². The SMILES string of the molecule is CCN1CCC[C@@H]1C(=O)N[C@H]1CN(C(=NC#N)Nc2cccc(OC(F)F)c2F)N=C1c1ccc(Cl)c(Cl)c1. The third kappa shape index (κ3) is 6.55. The molecule has 1 fully saturated rings. The van der Waals surface area contributed by atoms with Gasteiger partial charge in [-0.15, -0.1) is 4.99 Å². The van der Waals surface area contributed by atoms with E-state index in [0.29, 0.717) is 22.7 Å². The summed E-state index contributed by atoms with van der Waals surface area (Å²) in [4.78, 5) is 19.0. The van der Waals surface area contributed by atoms with E-state index in [-0.39, 0.29) is 35.2 Å². The van der Waals surface area contributed by atoms with Crippen molar-refractivity contribution in [2.24, 2.45) is 10.1 Å². The monoisotopic (exact) mass is 581 g/mol. The average molecular weight is 582 g/mol. The minimum atomic E-state index is -3.23. The van der Waals surface area contributed by atoms with Crippen molar-refractivity contribution in [2.75, 3.05) is 25.0 Å². The summed E-state index contributed by atoms with van der Waals surface area (Å²) in [6, 6.07) is 7.52. The highest BCUT2D eigenvalue weighted by atomic mass is 35.5. The number of carbonyl (C=O) groups is 1. The Morgan fingerprint density at radius 1 is 1.31 bits per heavy atom. The first-order valence-corrected chi connectivity index (χ1v) is 12.8. The fourth-order valence-electron chi connectivity index (χ4n) is 4.54. The normalized spacial score (nSPS) is 19.7. The Balaban J connectivity index is 1.64. The van der Waals surface area contributed by atoms with Gasteiger partial charge < -0.3 is 15.4 Å². The first kappa shape index (κ1) is 28.5. The average Bonchev–Trinajstić information content (AvgIpc) is 3.55. The number of hydrogen-bond acceptors (Lipinski definition) is 6. The van der Waals surface area contributed by atoms with Crippen LogP contribution in [-0.4, -0.2) is 65.8 Å². The molecule has 0 saturated carbocycles. The van der Waals surface area contributed by atoms with Crippen molar-refractivity contribution >= 4 is 46.5 Å². The number of anilines is 1. The van der Waals surface area contributed by atoms with Gasteiger partial charge in [-0.2, -0.15) is 19.1 Å². The number of aliphatic imine (C=N–C) groups is 1. The van der Waals surface area contributed by atoms with E-state index in [0.717, 1.165) is 25.6 Å². The van der Waals surface area contributed by atoms with Gasteiger partial charge in [0.2, 0.25) is 18.1 Å². The lowest BCUT2D eigenvalue weighted by Crippen LogP contribution is -2.51. The molecule has 1 saturated heterocycles. The minimum Gasteiger partial charge on any atom is -0.432 e. The molecule has 0 aliphatic carbocycles. The van der Waals surface area contributed by atoms with E-state index >= 15 is 0 Å². The predicted octanol–water partition coefficient (Wildman–Crippen LogP) is 4.67. The Labute approximate surface area is 232 Å². The van der Waals surface area contributed by atoms with Gasteiger partial charge in [0.25, 0.3) is 0 Å². The van der Waals surface area contributed by atoms with Crippen LogP contribution in [0.5, 0.6) is 5.75 Å². The lowest BCUT2D eigenvalue weighted by Gasteiger charge is -2.25. The Bertz CT molecular complexity index is 1340. The molecule has 1 amide bonds. The number of alkyl halides is 2. The standard InChI is InChI=1S/C25H24Cl2F3N7O2/c1-2-36-10-4-6-19(36)23(38)33-18-12-37(35-22(18)14-8-9-15(26)16(27)11-14)25(32-13-31)34-17-5-3-7-20(21(17)28)39-24(29)30/h3,5,7-9,11,18-19,24H,2,4,6,10,12H2,1H3,(H,32,34)(H,33,38)/t18-,19+/m0/s1. The van der Waals surface area contributed by atoms with Crippen LogP contribution in [0.15, 0.2) is 46.5 Å². The summed E-state index contributed by atoms with van der Waals surface area (Å²) in [5.74, 6) is -2.17. The number of likely N-dealkylation sites (tertiary alicyclic amines) is 1. The van der Waals surface area contributed by atoms with Gasteiger partial charge in [-0.25, -0.2) is 9.40 Å². The number of amides is 1. The van der Waals surface area contributed by atoms with Crippen LogP contribution >= 0.6 is 23.2 Å². The molecule has 0 aromatic heterocycles. The molecule has 0 radical (unpaired) electrons. The molecule has 2 aromatic rings. The number of nitrogens with one attached hydrogen (secondary N) is 2. The largest absolute Gasteiger partial charge is 0.432 e. The fourth-order valence-corrected chi connectivity index (χ4v) is 4.84. The van der Waals surface area contributed by atoms with Crippen molar-refractivity contribution in [1.29, 1.82) is 5.26 Å². The zero-order valence-corrected chi connectivity index (χ0v) is 22.2. The molecule has 9 nitrogen and oxygen atoms in total. The molecular weight excluding hydrogens is 558 g/mol. The molecule has 2 heterocycles. The van der Waals surface area contributed by atoms with Crippen molar-refractivity contribution in [1.82, 2.24) is 15.2 Å². The molecule has 206 valence electrons. The molecule has 2 aliphatic rings. The van der Waals surface area contributed by atoms with Crippen molar-refractivity contribution in [3.63, 3.8) is 0 Å². The second-order valence-electron chi connectivity index (χ2n) is 8.70. The third-order valence-corrected chi connectivity index (χ3v) is 7.08. The van der Waals surface area contributed by atoms with Crippen LogP contribution in [0, 0.1) is 17.3 Å². The number of hydrazone groups is 1. The Kier molecular flexibility index (Phi) is 9.16. The van der Waals surface area contributed by atoms with E-state index in [9.17, 15) is 23.2 Å². The molecule has 2 atom stereocenters. The van der Waals surface area contributed by atoms with Crippen molar-refractivity contribution < 1.29 is 22.7 Å². The number of likely N-dealkylation sites (N-methyl/N-ethyl adjacent to an activating group) is 1. The lowest BCUT2D eigenvalue weighted by molar-refractivity contribution is -0.125. The lowest BCUT2D eigenvalue weighted by atomic mass is 10.0. The molecule has 14 heteroatoms. The molecule has 2 N–H and O–H groups in total. The number of nitriles is 1. The highest BCUT2D eigenvalue weighted by Gasteiger charge is 2.36. The number of ether oxygens (including phenoxy) is 1. The van der Waals surface area contributed by atoms with Crippen LogP contribution < -0.4 is 15.4 Å². The van der Waals surface area contributed by atoms with Crippen LogP contribution in [0.1, 0.15) is 25.3 Å². The molecule has 0 spiro atoms. The van der Waals surface area contributed by atoms with Crippen LogP contribution in [0.4, 0.5) is 18.9 Å². The van der Waals surface area contributed by atoms with Crippen molar-refractivity contribution in [3.05, 3.63) is 57.8 Å². The number of benzene rings is 2. The van der Waals surface area contributed by atoms with Gasteiger partial charge in [0.1, 0.15) is 0 Å². The number of guanidine groups is 1. The molecule has 2 aliphatic heterocycles. The van der Waals surface area contributed by atoms with Gasteiger partial charge in [0, 0.05) is 5.56 Å². The molecular formula is C25H24Cl2F3N7O2. The minimum absolute atomic E-state index is 0.0303. The summed E-state index contributed by atoms with van der Waals surface area (Å²) in [5.41, 5.74) is 0.696. The van der Waals surface area contributed by atoms with E-state index in [1.54, 1.807) is 24.4 Å². The van der Waals surface area contributed by atoms with E-state index in [4.69, 9.17) is 23.2 Å². The predicted molar refractivity (Wildman–Crippen MR) is 142 cm³/mol. The highest BCUT2D eigenvalue weighted by molar-refractivity contribution is 6.42. The van der Waals surface area contributed by atoms with E-state index in [1.165, 1.54) is 17.1 Å². The van der Waals surface area contributed by atoms with Crippen molar-refractivity contribution in [2.45, 2.75) is 38.5 Å². The summed E-state index contributed by atoms with van der Waals surface area (Å²) >= 11 is 12.3. The number of carbonyl (C=O) groups excluding carboxylic acids is 1. The summed E-state index contributed by atoms with van der Waals surface area (Å²) in [7, 11) is 0. The van der Waals surface area contributed by atoms with E-state index < -0.39 is 24.2 Å². The number of halogens is 5. The maximum absolute atomic E-state index is 14.8. The number of nitrogens with zero attached hydrogens (tertiary/aromatic N) is 5. The number of rotatable bonds is 7. The molecule has 4 rings (SSSR count). The van der Waals surface area contributed by atoms with Crippen LogP contribution in [0.25, 0.3) is 0 Å². The number of hydrogen-bond donors (Lipinski definition) is 2. The highest BCUT2D eigenvalue weighted by Crippen LogP contribution is 2.28. The van der Waals surface area contributed by atoms with Gasteiger partial charge >= 0.3 is 6.61 Å². The second kappa shape index (κ2) is 12.5. The van der Waals surface area contributed by atoms with Crippen LogP contribution in [0.2, 0.25) is 10.0 Å². The smallest absolute Gasteiger partial charge is 0.387 e. The molecule has 2 aromatic carbocycles. The van der Waals surface area contributed by atoms with E-state index in [1.807, 2.05) is 6.92 Å². The topological polar surface area (TPSA) is 105 Å². The van der Waals surface area contributed by atoms with Crippen LogP contribution in [-0.2, 0) is 4.79 Å². The summed E-state index contributed by atoms with van der Waals surface area (Å²) in [6.45, 7) is 0.338. The summed E-state index contributed by atoms with van der Waals surface area (Å²) < 4.78 is 44.4. The fraction of sp³-hybridized carbons (Fsp3) is 0.360. The van der Waals surface area contributed by atoms with Crippen molar-refractivity contribution in [3.8, 4) is 11.9 Å². The third-order valence-electron chi connectivity index (χ3n) is 6.34. The van der Waals surface area contributed by atoms with Crippen LogP contribution in [0.3, 0.4) is 0 Å². The first-order chi connectivity index (χ1) is 18.7. The molecule has 39 heavy (non-hydrogen) atoms. The second-order valence-corrected chi connectivity index (χ2v) is 9.52. The summed E-state index contributed by atoms with van der Waals surface area (Å²) in [5, 5.41) is 21.4. The Morgan fingerprint density at radius 3 is 2.79 bits per heavy atom. The quantitative estimate of drug-likeness (QED) is 0.279. The van der Waals surface area contributed by atoms with Gasteiger partial charge in [-0.1, -0.05) is 42.3 Å². The first-order valence-electron chi connectivity index (χ1n) is 12.0. The van der Waals surface area contributed by atoms with Gasteiger partial charge in [-0.05, 0) is 50.2 Å². The zero-order valence-electron chi connectivity index (χ0n) is 20.7. The Hall–Kier alpha value is -3.53.